The van der Waals surface area contributed by atoms with E-state index in [1.807, 2.05) is 76.0 Å². The molecule has 6 N–H and O–H groups in total. The number of likely N-dealkylation sites (tertiary alicyclic amines) is 1. The lowest BCUT2D eigenvalue weighted by atomic mass is 9.83. The quantitative estimate of drug-likeness (QED) is 0.0952. The Bertz CT molecular complexity index is 2420. The van der Waals surface area contributed by atoms with Gasteiger partial charge in [-0.3, -0.25) is 9.59 Å². The highest BCUT2D eigenvalue weighted by Crippen LogP contribution is 2.52. The minimum Gasteiger partial charge on any atom is -0.497 e. The molecule has 0 saturated carbocycles. The van der Waals surface area contributed by atoms with Gasteiger partial charge in [0.15, 0.2) is 6.10 Å². The number of ether oxygens (including phenoxy) is 3. The lowest BCUT2D eigenvalue weighted by Gasteiger charge is -2.35. The first-order valence-corrected chi connectivity index (χ1v) is 21.1. The average molecular weight is 813 g/mol. The number of H-pyrrole nitrogens is 2. The molecule has 5 heterocycles. The number of hydrogen-bond donors (Lipinski definition) is 4. The summed E-state index contributed by atoms with van der Waals surface area (Å²) in [5.41, 5.74) is 21.0. The van der Waals surface area contributed by atoms with Gasteiger partial charge in [-0.05, 0) is 55.4 Å². The van der Waals surface area contributed by atoms with E-state index >= 15 is 0 Å². The Balaban J connectivity index is 1.10. The number of nitrogens with zero attached hydrogens (tertiary/aromatic N) is 4. The third-order valence-electron chi connectivity index (χ3n) is 12.0. The van der Waals surface area contributed by atoms with E-state index in [1.165, 1.54) is 0 Å². The van der Waals surface area contributed by atoms with E-state index in [1.54, 1.807) is 18.2 Å². The fourth-order valence-electron chi connectivity index (χ4n) is 8.45. The molecule has 0 aliphatic carbocycles. The van der Waals surface area contributed by atoms with Crippen LogP contribution in [0.15, 0.2) is 73.1 Å². The molecule has 0 bridgehead atoms. The summed E-state index contributed by atoms with van der Waals surface area (Å²) >= 11 is 0. The highest BCUT2D eigenvalue weighted by Gasteiger charge is 2.37. The van der Waals surface area contributed by atoms with Gasteiger partial charge in [0.25, 0.3) is 0 Å². The van der Waals surface area contributed by atoms with Crippen molar-refractivity contribution >= 4 is 23.0 Å². The maximum atomic E-state index is 13.3. The van der Waals surface area contributed by atoms with Crippen LogP contribution in [0.5, 0.6) is 17.2 Å². The third kappa shape index (κ3) is 7.79. The normalized spacial score (nSPS) is 18.1. The first-order valence-electron chi connectivity index (χ1n) is 21.1. The highest BCUT2D eigenvalue weighted by atomic mass is 16.5. The number of amides is 2. The van der Waals surface area contributed by atoms with E-state index in [0.29, 0.717) is 32.1 Å². The maximum absolute atomic E-state index is 13.3. The Morgan fingerprint density at radius 3 is 2.37 bits per heavy atom. The number of imidazole rings is 2. The SMILES string of the molecule is CCCN(Cc1ncc(-c2ccc3c(c2)OC(c2cccc(OC)c2)C2=C3COc3cc(-c4cnc([C@@H]5CCCN5C(=O)[C@@H](N)C(C)C)[nH]4)ccc32)[nH]1)C(=O)[C@@H](N)C(C)C. The number of fused-ring (bicyclic) bond motifs is 4. The second kappa shape index (κ2) is 17.0. The number of methoxy groups -OCH3 is 1. The Kier molecular flexibility index (Phi) is 11.6. The number of carbonyl (C=O) groups excluding carboxylic acids is 2. The molecule has 1 fully saturated rings. The van der Waals surface area contributed by atoms with Crippen molar-refractivity contribution in [2.45, 2.75) is 84.7 Å². The predicted octanol–water partition coefficient (Wildman–Crippen LogP) is 7.28. The van der Waals surface area contributed by atoms with Crippen molar-refractivity contribution in [2.75, 3.05) is 26.8 Å². The fourth-order valence-corrected chi connectivity index (χ4v) is 8.45. The fraction of sp³-hybridized carbons (Fsp3) is 0.404. The summed E-state index contributed by atoms with van der Waals surface area (Å²) in [5.74, 6) is 3.64. The molecule has 3 aliphatic heterocycles. The molecule has 2 aromatic heterocycles. The van der Waals surface area contributed by atoms with Gasteiger partial charge in [-0.15, -0.1) is 0 Å². The van der Waals surface area contributed by atoms with Gasteiger partial charge in [-0.25, -0.2) is 9.97 Å². The number of nitrogens with one attached hydrogen (secondary N) is 2. The van der Waals surface area contributed by atoms with Crippen molar-refractivity contribution in [3.63, 3.8) is 0 Å². The third-order valence-corrected chi connectivity index (χ3v) is 12.0. The number of hydrogen-bond acceptors (Lipinski definition) is 9. The maximum Gasteiger partial charge on any atom is 0.240 e. The number of aromatic amines is 2. The summed E-state index contributed by atoms with van der Waals surface area (Å²) in [4.78, 5) is 46.5. The highest BCUT2D eigenvalue weighted by molar-refractivity contribution is 6.00. The molecular weight excluding hydrogens is 757 g/mol. The van der Waals surface area contributed by atoms with Crippen LogP contribution < -0.4 is 25.7 Å². The van der Waals surface area contributed by atoms with Gasteiger partial charge in [0.2, 0.25) is 11.8 Å². The van der Waals surface area contributed by atoms with Gasteiger partial charge in [0.05, 0.1) is 55.6 Å². The number of aromatic nitrogens is 4. The minimum absolute atomic E-state index is 0.0308. The van der Waals surface area contributed by atoms with Crippen LogP contribution in [0.4, 0.5) is 0 Å². The van der Waals surface area contributed by atoms with Crippen LogP contribution in [0.2, 0.25) is 0 Å². The molecule has 3 aliphatic rings. The summed E-state index contributed by atoms with van der Waals surface area (Å²) in [6, 6.07) is 19.1. The summed E-state index contributed by atoms with van der Waals surface area (Å²) in [6.45, 7) is 11.9. The van der Waals surface area contributed by atoms with E-state index in [9.17, 15) is 9.59 Å². The predicted molar refractivity (Wildman–Crippen MR) is 232 cm³/mol. The topological polar surface area (TPSA) is 178 Å². The van der Waals surface area contributed by atoms with Crippen molar-refractivity contribution in [1.29, 1.82) is 0 Å². The molecule has 3 aromatic carbocycles. The largest absolute Gasteiger partial charge is 0.497 e. The lowest BCUT2D eigenvalue weighted by Crippen LogP contribution is -2.46. The molecule has 1 saturated heterocycles. The van der Waals surface area contributed by atoms with Gasteiger partial charge < -0.3 is 45.4 Å². The lowest BCUT2D eigenvalue weighted by molar-refractivity contribution is -0.135. The molecule has 314 valence electrons. The number of benzene rings is 3. The van der Waals surface area contributed by atoms with E-state index < -0.39 is 18.2 Å². The van der Waals surface area contributed by atoms with Gasteiger partial charge in [0.1, 0.15) is 35.5 Å². The Morgan fingerprint density at radius 2 is 1.63 bits per heavy atom. The molecule has 13 heteroatoms. The van der Waals surface area contributed by atoms with Crippen molar-refractivity contribution in [3.05, 3.63) is 101 Å². The number of carbonyl (C=O) groups is 2. The van der Waals surface area contributed by atoms with E-state index in [0.717, 1.165) is 92.7 Å². The zero-order valence-corrected chi connectivity index (χ0v) is 35.3. The molecular formula is C47H56N8O5. The van der Waals surface area contributed by atoms with Gasteiger partial charge in [-0.1, -0.05) is 71.0 Å². The first kappa shape index (κ1) is 40.8. The molecule has 5 aromatic rings. The summed E-state index contributed by atoms with van der Waals surface area (Å²) in [7, 11) is 1.66. The van der Waals surface area contributed by atoms with Gasteiger partial charge >= 0.3 is 0 Å². The van der Waals surface area contributed by atoms with Crippen LogP contribution >= 0.6 is 0 Å². The number of nitrogens with two attached hydrogens (primary N) is 2. The molecule has 13 nitrogen and oxygen atoms in total. The molecule has 60 heavy (non-hydrogen) atoms. The summed E-state index contributed by atoms with van der Waals surface area (Å²) in [5, 5.41) is 0. The van der Waals surface area contributed by atoms with Crippen LogP contribution in [0, 0.1) is 11.8 Å². The molecule has 2 amide bonds. The monoisotopic (exact) mass is 812 g/mol. The van der Waals surface area contributed by atoms with Crippen LogP contribution in [0.25, 0.3) is 33.7 Å². The van der Waals surface area contributed by atoms with Crippen molar-refractivity contribution in [2.24, 2.45) is 23.3 Å². The molecule has 8 rings (SSSR count). The Labute approximate surface area is 351 Å². The second-order valence-corrected chi connectivity index (χ2v) is 16.8. The van der Waals surface area contributed by atoms with Crippen LogP contribution in [-0.4, -0.2) is 80.4 Å². The van der Waals surface area contributed by atoms with Crippen molar-refractivity contribution in [1.82, 2.24) is 29.7 Å². The smallest absolute Gasteiger partial charge is 0.240 e. The zero-order valence-electron chi connectivity index (χ0n) is 35.3. The molecule has 4 atom stereocenters. The Morgan fingerprint density at radius 1 is 0.917 bits per heavy atom. The van der Waals surface area contributed by atoms with Crippen LogP contribution in [-0.2, 0) is 16.1 Å². The minimum atomic E-state index is -0.565. The molecule has 1 unspecified atom stereocenters. The van der Waals surface area contributed by atoms with E-state index in [2.05, 4.69) is 45.3 Å². The number of rotatable bonds is 13. The average Bonchev–Trinajstić information content (AvgIpc) is 4.06. The molecule has 0 spiro atoms. The second-order valence-electron chi connectivity index (χ2n) is 16.8. The summed E-state index contributed by atoms with van der Waals surface area (Å²) in [6.07, 6.45) is 5.73. The zero-order chi connectivity index (χ0) is 42.2. The standard InChI is InChI=1S/C47H56N8O5/c1-7-17-54(46(56)42(48)26(2)3)24-40-50-22-35(52-40)29-13-15-32-34-25-59-38-20-28(36-23-51-45(53-36)37-12-9-18-55(37)47(57)43(49)27(4)5)14-16-33(38)41(34)44(60-39(32)21-29)30-10-8-11-31(19-30)58-6/h8,10-11,13-16,19-23,26-27,37,42-44H,7,9,12,17-18,24-25,48-49H2,1-6H3,(H,50,52)(H,51,53)/t37-,42-,43-,44?/m0/s1. The van der Waals surface area contributed by atoms with Gasteiger partial charge in [0, 0.05) is 52.1 Å². The van der Waals surface area contributed by atoms with E-state index in [-0.39, 0.29) is 29.7 Å². The van der Waals surface area contributed by atoms with Crippen molar-refractivity contribution in [3.8, 4) is 39.8 Å². The van der Waals surface area contributed by atoms with E-state index in [4.69, 9.17) is 30.7 Å². The van der Waals surface area contributed by atoms with Crippen LogP contribution in [0.1, 0.15) is 94.4 Å². The molecule has 0 radical (unpaired) electrons. The van der Waals surface area contributed by atoms with Crippen molar-refractivity contribution < 1.29 is 23.8 Å². The van der Waals surface area contributed by atoms with Gasteiger partial charge in [-0.2, -0.15) is 0 Å². The first-order chi connectivity index (χ1) is 28.9. The Hall–Kier alpha value is -5.92. The summed E-state index contributed by atoms with van der Waals surface area (Å²) < 4.78 is 19.2. The van der Waals surface area contributed by atoms with Crippen LogP contribution in [0.3, 0.4) is 0 Å².